The Morgan fingerprint density at radius 3 is 1.24 bits per heavy atom. The number of hydrogen-bond acceptors (Lipinski definition) is 2. The molecule has 2 heteroatoms. The van der Waals surface area contributed by atoms with Crippen LogP contribution in [0.4, 0.5) is 0 Å². The van der Waals surface area contributed by atoms with Crippen molar-refractivity contribution in [3.8, 4) is 22.6 Å². The maximum absolute atomic E-state index is 6.77. The third-order valence-corrected chi connectivity index (χ3v) is 11.1. The van der Waals surface area contributed by atoms with Crippen molar-refractivity contribution in [1.82, 2.24) is 0 Å². The Hall–Kier alpha value is -3.52. The van der Waals surface area contributed by atoms with Crippen molar-refractivity contribution in [2.45, 2.75) is 168 Å². The second-order valence-corrected chi connectivity index (χ2v) is 15.7. The molecule has 0 aromatic heterocycles. The highest BCUT2D eigenvalue weighted by molar-refractivity contribution is 6.10. The molecule has 0 fully saturated rings. The van der Waals surface area contributed by atoms with Crippen LogP contribution in [0.3, 0.4) is 0 Å². The zero-order chi connectivity index (χ0) is 38.1. The van der Waals surface area contributed by atoms with Gasteiger partial charge in [-0.1, -0.05) is 164 Å². The summed E-state index contributed by atoms with van der Waals surface area (Å²) in [4.78, 5) is 0. The first-order valence-corrected chi connectivity index (χ1v) is 22.3. The number of rotatable bonds is 31. The van der Waals surface area contributed by atoms with Gasteiger partial charge in [-0.05, 0) is 109 Å². The molecule has 0 aliphatic rings. The minimum absolute atomic E-state index is 0.719. The molecule has 0 radical (unpaired) electrons. The van der Waals surface area contributed by atoms with Crippen molar-refractivity contribution >= 4 is 21.5 Å². The van der Waals surface area contributed by atoms with Crippen molar-refractivity contribution in [2.75, 3.05) is 13.2 Å². The van der Waals surface area contributed by atoms with Gasteiger partial charge in [0.25, 0.3) is 0 Å². The molecule has 0 spiro atoms. The SMILES string of the molecule is C=CCCCCCCOc1ccc2cc(CCCCCCCC)ccc2c1-c1c(OCCCCCCC=C)ccc2cc(CCCCCCCC)ccc12. The molecule has 2 nitrogen and oxygen atoms in total. The monoisotopic (exact) mass is 731 g/mol. The van der Waals surface area contributed by atoms with Crippen LogP contribution in [0, 0.1) is 0 Å². The molecule has 0 amide bonds. The summed E-state index contributed by atoms with van der Waals surface area (Å²) in [5, 5.41) is 5.08. The molecule has 0 saturated carbocycles. The summed E-state index contributed by atoms with van der Waals surface area (Å²) in [7, 11) is 0. The molecule has 0 heterocycles. The third-order valence-electron chi connectivity index (χ3n) is 11.1. The summed E-state index contributed by atoms with van der Waals surface area (Å²) < 4.78 is 13.5. The van der Waals surface area contributed by atoms with Crippen molar-refractivity contribution in [1.29, 1.82) is 0 Å². The molecule has 0 aliphatic heterocycles. The van der Waals surface area contributed by atoms with Gasteiger partial charge in [0.2, 0.25) is 0 Å². The lowest BCUT2D eigenvalue weighted by Gasteiger charge is -2.20. The molecular formula is C52H74O2. The van der Waals surface area contributed by atoms with Gasteiger partial charge in [0.05, 0.1) is 13.2 Å². The quantitative estimate of drug-likeness (QED) is 0.0379. The largest absolute Gasteiger partial charge is 0.493 e. The Morgan fingerprint density at radius 1 is 0.426 bits per heavy atom. The fraction of sp³-hybridized carbons (Fsp3) is 0.538. The average molecular weight is 731 g/mol. The van der Waals surface area contributed by atoms with E-state index in [1.54, 1.807) is 0 Å². The maximum Gasteiger partial charge on any atom is 0.127 e. The van der Waals surface area contributed by atoms with Crippen LogP contribution >= 0.6 is 0 Å². The summed E-state index contributed by atoms with van der Waals surface area (Å²) in [5.41, 5.74) is 5.23. The fourth-order valence-corrected chi connectivity index (χ4v) is 7.86. The van der Waals surface area contributed by atoms with Crippen molar-refractivity contribution < 1.29 is 9.47 Å². The molecule has 4 rings (SSSR count). The predicted octanol–water partition coefficient (Wildman–Crippen LogP) is 16.5. The van der Waals surface area contributed by atoms with E-state index >= 15 is 0 Å². The maximum atomic E-state index is 6.77. The molecule has 0 bridgehead atoms. The molecule has 54 heavy (non-hydrogen) atoms. The van der Waals surface area contributed by atoms with Crippen LogP contribution in [-0.2, 0) is 12.8 Å². The average Bonchev–Trinajstić information content (AvgIpc) is 3.19. The van der Waals surface area contributed by atoms with Crippen molar-refractivity contribution in [3.63, 3.8) is 0 Å². The van der Waals surface area contributed by atoms with E-state index in [0.717, 1.165) is 63.2 Å². The highest BCUT2D eigenvalue weighted by Gasteiger charge is 2.20. The van der Waals surface area contributed by atoms with Crippen LogP contribution < -0.4 is 9.47 Å². The predicted molar refractivity (Wildman–Crippen MR) is 239 cm³/mol. The first kappa shape index (κ1) is 43.2. The standard InChI is InChI=1S/C52H74O2/c1-5-9-13-17-21-25-29-43-31-35-47-45(41-43)33-37-49(53-39-27-23-19-15-11-7-3)51(47)52-48-36-32-44(30-26-22-18-14-10-6-2)42-46(48)34-38-50(52)54-40-28-24-20-16-12-8-4/h7-8,31-38,41-42H,3-6,9-30,39-40H2,1-2H3. The van der Waals surface area contributed by atoms with Gasteiger partial charge in [-0.2, -0.15) is 0 Å². The van der Waals surface area contributed by atoms with Crippen molar-refractivity contribution in [3.05, 3.63) is 97.1 Å². The Labute approximate surface area is 330 Å². The summed E-state index contributed by atoms with van der Waals surface area (Å²) in [6.45, 7) is 13.8. The Morgan fingerprint density at radius 2 is 0.815 bits per heavy atom. The minimum Gasteiger partial charge on any atom is -0.493 e. The van der Waals surface area contributed by atoms with Crippen LogP contribution in [0.1, 0.15) is 166 Å². The number of hydrogen-bond donors (Lipinski definition) is 0. The molecule has 0 unspecified atom stereocenters. The molecule has 294 valence electrons. The number of aryl methyl sites for hydroxylation is 2. The number of benzene rings is 4. The van der Waals surface area contributed by atoms with Crippen LogP contribution in [0.25, 0.3) is 32.7 Å². The molecule has 0 atom stereocenters. The summed E-state index contributed by atoms with van der Waals surface area (Å²) in [6.07, 6.45) is 33.7. The second-order valence-electron chi connectivity index (χ2n) is 15.7. The van der Waals surface area contributed by atoms with E-state index in [1.165, 1.54) is 159 Å². The van der Waals surface area contributed by atoms with Gasteiger partial charge in [-0.3, -0.25) is 0 Å². The van der Waals surface area contributed by atoms with Crippen LogP contribution in [0.15, 0.2) is 86.0 Å². The highest BCUT2D eigenvalue weighted by atomic mass is 16.5. The molecule has 4 aromatic rings. The van der Waals surface area contributed by atoms with Gasteiger partial charge in [-0.25, -0.2) is 0 Å². The van der Waals surface area contributed by atoms with Gasteiger partial charge in [0.1, 0.15) is 11.5 Å². The summed E-state index contributed by atoms with van der Waals surface area (Å²) in [6, 6.07) is 23.4. The van der Waals surface area contributed by atoms with Gasteiger partial charge < -0.3 is 9.47 Å². The van der Waals surface area contributed by atoms with Crippen LogP contribution in [0.2, 0.25) is 0 Å². The summed E-state index contributed by atoms with van der Waals surface area (Å²) in [5.74, 6) is 1.94. The Bertz CT molecular complexity index is 1520. The van der Waals surface area contributed by atoms with Crippen molar-refractivity contribution in [2.24, 2.45) is 0 Å². The first-order valence-electron chi connectivity index (χ1n) is 22.3. The number of ether oxygens (including phenoxy) is 2. The van der Waals surface area contributed by atoms with Gasteiger partial charge >= 0.3 is 0 Å². The number of unbranched alkanes of at least 4 members (excludes halogenated alkanes) is 18. The third kappa shape index (κ3) is 14.6. The van der Waals surface area contributed by atoms with Gasteiger partial charge in [0.15, 0.2) is 0 Å². The molecular weight excluding hydrogens is 657 g/mol. The number of allylic oxidation sites excluding steroid dienone is 2. The minimum atomic E-state index is 0.719. The lowest BCUT2D eigenvalue weighted by molar-refractivity contribution is 0.302. The Kier molecular flexibility index (Phi) is 21.1. The van der Waals surface area contributed by atoms with Crippen LogP contribution in [-0.4, -0.2) is 13.2 Å². The van der Waals surface area contributed by atoms with E-state index < -0.39 is 0 Å². The lowest BCUT2D eigenvalue weighted by Crippen LogP contribution is -2.03. The molecule has 0 aliphatic carbocycles. The van der Waals surface area contributed by atoms with E-state index in [2.05, 4.69) is 87.7 Å². The lowest BCUT2D eigenvalue weighted by atomic mass is 9.90. The highest BCUT2D eigenvalue weighted by Crippen LogP contribution is 2.46. The van der Waals surface area contributed by atoms with E-state index in [9.17, 15) is 0 Å². The van der Waals surface area contributed by atoms with Gasteiger partial charge in [-0.15, -0.1) is 13.2 Å². The molecule has 4 aromatic carbocycles. The van der Waals surface area contributed by atoms with E-state index in [4.69, 9.17) is 9.47 Å². The zero-order valence-corrected chi connectivity index (χ0v) is 34.5. The Balaban J connectivity index is 1.69. The first-order chi connectivity index (χ1) is 26.7. The second kappa shape index (κ2) is 26.3. The topological polar surface area (TPSA) is 18.5 Å². The van der Waals surface area contributed by atoms with E-state index in [0.29, 0.717) is 0 Å². The molecule has 0 saturated heterocycles. The zero-order valence-electron chi connectivity index (χ0n) is 34.5. The van der Waals surface area contributed by atoms with Gasteiger partial charge in [0, 0.05) is 11.1 Å². The molecule has 0 N–H and O–H groups in total. The van der Waals surface area contributed by atoms with E-state index in [-0.39, 0.29) is 0 Å². The normalized spacial score (nSPS) is 11.4. The number of fused-ring (bicyclic) bond motifs is 2. The van der Waals surface area contributed by atoms with Crippen LogP contribution in [0.5, 0.6) is 11.5 Å². The van der Waals surface area contributed by atoms with E-state index in [1.807, 2.05) is 12.2 Å². The summed E-state index contributed by atoms with van der Waals surface area (Å²) >= 11 is 0. The fourth-order valence-electron chi connectivity index (χ4n) is 7.86. The smallest absolute Gasteiger partial charge is 0.127 e.